The summed E-state index contributed by atoms with van der Waals surface area (Å²) in [5.74, 6) is 0.125. The molecule has 1 aromatic heterocycles. The van der Waals surface area contributed by atoms with Gasteiger partial charge in [0.1, 0.15) is 0 Å². The summed E-state index contributed by atoms with van der Waals surface area (Å²) >= 11 is 0. The SMILES string of the molecule is CCCS(=O)(=O)Nc1cccc(NCc2cccc3[nH]ccc23)c1. The summed E-state index contributed by atoms with van der Waals surface area (Å²) in [6.45, 7) is 2.51. The van der Waals surface area contributed by atoms with Crippen LogP contribution in [0, 0.1) is 0 Å². The van der Waals surface area contributed by atoms with Crippen LogP contribution in [0.3, 0.4) is 0 Å². The Labute approximate surface area is 142 Å². The third-order valence-electron chi connectivity index (χ3n) is 3.78. The van der Waals surface area contributed by atoms with Gasteiger partial charge in [-0.25, -0.2) is 8.42 Å². The van der Waals surface area contributed by atoms with Gasteiger partial charge in [0.2, 0.25) is 10.0 Å². The molecule has 0 unspecified atom stereocenters. The second kappa shape index (κ2) is 6.97. The zero-order valence-corrected chi connectivity index (χ0v) is 14.4. The van der Waals surface area contributed by atoms with E-state index in [1.54, 1.807) is 6.07 Å². The van der Waals surface area contributed by atoms with Gasteiger partial charge in [-0.15, -0.1) is 0 Å². The molecule has 0 bridgehead atoms. The zero-order chi connectivity index (χ0) is 17.0. The highest BCUT2D eigenvalue weighted by atomic mass is 32.2. The second-order valence-electron chi connectivity index (χ2n) is 5.71. The van der Waals surface area contributed by atoms with E-state index in [1.165, 1.54) is 10.9 Å². The molecule has 126 valence electrons. The highest BCUT2D eigenvalue weighted by Crippen LogP contribution is 2.21. The highest BCUT2D eigenvalue weighted by molar-refractivity contribution is 7.92. The Morgan fingerprint density at radius 3 is 2.67 bits per heavy atom. The minimum Gasteiger partial charge on any atom is -0.381 e. The molecule has 0 aliphatic heterocycles. The summed E-state index contributed by atoms with van der Waals surface area (Å²) in [7, 11) is -3.27. The number of benzene rings is 2. The number of hydrogen-bond acceptors (Lipinski definition) is 3. The second-order valence-corrected chi connectivity index (χ2v) is 7.55. The van der Waals surface area contributed by atoms with Crippen molar-refractivity contribution in [2.24, 2.45) is 0 Å². The van der Waals surface area contributed by atoms with E-state index in [1.807, 2.05) is 43.5 Å². The van der Waals surface area contributed by atoms with Gasteiger partial charge in [0, 0.05) is 29.3 Å². The minimum atomic E-state index is -3.27. The molecule has 24 heavy (non-hydrogen) atoms. The van der Waals surface area contributed by atoms with Crippen LogP contribution in [-0.4, -0.2) is 19.2 Å². The first kappa shape index (κ1) is 16.4. The van der Waals surface area contributed by atoms with Crippen molar-refractivity contribution in [2.45, 2.75) is 19.9 Å². The van der Waals surface area contributed by atoms with Gasteiger partial charge in [-0.05, 0) is 42.3 Å². The predicted octanol–water partition coefficient (Wildman–Crippen LogP) is 3.93. The molecule has 0 amide bonds. The predicted molar refractivity (Wildman–Crippen MR) is 99.8 cm³/mol. The number of nitrogens with one attached hydrogen (secondary N) is 3. The van der Waals surface area contributed by atoms with Crippen LogP contribution in [0.5, 0.6) is 0 Å². The summed E-state index contributed by atoms with van der Waals surface area (Å²) in [5.41, 5.74) is 3.74. The largest absolute Gasteiger partial charge is 0.381 e. The van der Waals surface area contributed by atoms with Crippen LogP contribution in [-0.2, 0) is 16.6 Å². The third-order valence-corrected chi connectivity index (χ3v) is 5.27. The quantitative estimate of drug-likeness (QED) is 0.608. The topological polar surface area (TPSA) is 74.0 Å². The maximum absolute atomic E-state index is 11.9. The number of anilines is 2. The van der Waals surface area contributed by atoms with Crippen LogP contribution in [0.2, 0.25) is 0 Å². The van der Waals surface area contributed by atoms with Crippen LogP contribution in [0.4, 0.5) is 11.4 Å². The molecule has 0 saturated heterocycles. The molecule has 0 saturated carbocycles. The molecule has 3 aromatic rings. The molecule has 1 heterocycles. The Morgan fingerprint density at radius 1 is 1.04 bits per heavy atom. The van der Waals surface area contributed by atoms with Crippen molar-refractivity contribution < 1.29 is 8.42 Å². The first-order valence-corrected chi connectivity index (χ1v) is 9.62. The van der Waals surface area contributed by atoms with E-state index in [2.05, 4.69) is 27.2 Å². The summed E-state index contributed by atoms with van der Waals surface area (Å²) in [4.78, 5) is 3.20. The van der Waals surface area contributed by atoms with Crippen LogP contribution in [0.1, 0.15) is 18.9 Å². The van der Waals surface area contributed by atoms with E-state index >= 15 is 0 Å². The van der Waals surface area contributed by atoms with Crippen LogP contribution in [0.25, 0.3) is 10.9 Å². The van der Waals surface area contributed by atoms with Crippen molar-refractivity contribution in [3.05, 3.63) is 60.3 Å². The Balaban J connectivity index is 1.72. The van der Waals surface area contributed by atoms with Gasteiger partial charge in [0.25, 0.3) is 0 Å². The Hall–Kier alpha value is -2.47. The normalized spacial score (nSPS) is 11.5. The van der Waals surface area contributed by atoms with Crippen LogP contribution in [0.15, 0.2) is 54.7 Å². The average molecular weight is 343 g/mol. The van der Waals surface area contributed by atoms with E-state index in [0.717, 1.165) is 11.2 Å². The summed E-state index contributed by atoms with van der Waals surface area (Å²) in [6.07, 6.45) is 2.52. The maximum Gasteiger partial charge on any atom is 0.232 e. The van der Waals surface area contributed by atoms with Crippen LogP contribution < -0.4 is 10.0 Å². The molecule has 2 aromatic carbocycles. The number of fused-ring (bicyclic) bond motifs is 1. The molecular formula is C18H21N3O2S. The van der Waals surface area contributed by atoms with Crippen molar-refractivity contribution >= 4 is 32.3 Å². The highest BCUT2D eigenvalue weighted by Gasteiger charge is 2.09. The van der Waals surface area contributed by atoms with Crippen molar-refractivity contribution in [1.29, 1.82) is 0 Å². The summed E-state index contributed by atoms with van der Waals surface area (Å²) in [6, 6.07) is 15.5. The van der Waals surface area contributed by atoms with Crippen LogP contribution >= 0.6 is 0 Å². The molecule has 3 N–H and O–H groups in total. The van der Waals surface area contributed by atoms with Crippen molar-refractivity contribution in [3.63, 3.8) is 0 Å². The number of H-pyrrole nitrogens is 1. The lowest BCUT2D eigenvalue weighted by Crippen LogP contribution is -2.16. The molecule has 5 nitrogen and oxygen atoms in total. The van der Waals surface area contributed by atoms with Crippen molar-refractivity contribution in [3.8, 4) is 0 Å². The minimum absolute atomic E-state index is 0.125. The Bertz CT molecular complexity index is 932. The Kier molecular flexibility index (Phi) is 4.76. The zero-order valence-electron chi connectivity index (χ0n) is 13.5. The number of hydrogen-bond donors (Lipinski definition) is 3. The van der Waals surface area contributed by atoms with Gasteiger partial charge in [0.05, 0.1) is 11.4 Å². The fourth-order valence-electron chi connectivity index (χ4n) is 2.69. The fraction of sp³-hybridized carbons (Fsp3) is 0.222. The Morgan fingerprint density at radius 2 is 1.83 bits per heavy atom. The van der Waals surface area contributed by atoms with E-state index in [-0.39, 0.29) is 5.75 Å². The van der Waals surface area contributed by atoms with Gasteiger partial charge in [-0.1, -0.05) is 25.1 Å². The molecule has 0 radical (unpaired) electrons. The molecule has 0 aliphatic carbocycles. The summed E-state index contributed by atoms with van der Waals surface area (Å²) in [5, 5.41) is 4.54. The van der Waals surface area contributed by atoms with Gasteiger partial charge in [0.15, 0.2) is 0 Å². The van der Waals surface area contributed by atoms with E-state index in [0.29, 0.717) is 18.7 Å². The van der Waals surface area contributed by atoms with Gasteiger partial charge >= 0.3 is 0 Å². The van der Waals surface area contributed by atoms with Crippen molar-refractivity contribution in [2.75, 3.05) is 15.8 Å². The monoisotopic (exact) mass is 343 g/mol. The van der Waals surface area contributed by atoms with Gasteiger partial charge in [-0.3, -0.25) is 4.72 Å². The number of sulfonamides is 1. The molecular weight excluding hydrogens is 322 g/mol. The molecule has 0 atom stereocenters. The molecule has 0 spiro atoms. The van der Waals surface area contributed by atoms with Gasteiger partial charge in [-0.2, -0.15) is 0 Å². The number of aromatic amines is 1. The lowest BCUT2D eigenvalue weighted by atomic mass is 10.1. The van der Waals surface area contributed by atoms with E-state index in [4.69, 9.17) is 0 Å². The van der Waals surface area contributed by atoms with E-state index < -0.39 is 10.0 Å². The smallest absolute Gasteiger partial charge is 0.232 e. The molecule has 3 rings (SSSR count). The molecule has 6 heteroatoms. The maximum atomic E-state index is 11.9. The fourth-order valence-corrected chi connectivity index (χ4v) is 3.82. The lowest BCUT2D eigenvalue weighted by Gasteiger charge is -2.11. The van der Waals surface area contributed by atoms with E-state index in [9.17, 15) is 8.42 Å². The first-order valence-electron chi connectivity index (χ1n) is 7.97. The summed E-state index contributed by atoms with van der Waals surface area (Å²) < 4.78 is 26.4. The third kappa shape index (κ3) is 3.89. The van der Waals surface area contributed by atoms with Gasteiger partial charge < -0.3 is 10.3 Å². The molecule has 0 fully saturated rings. The molecule has 0 aliphatic rings. The number of rotatable bonds is 7. The van der Waals surface area contributed by atoms with Crippen molar-refractivity contribution in [1.82, 2.24) is 4.98 Å². The number of aromatic nitrogens is 1. The first-order chi connectivity index (χ1) is 11.6. The average Bonchev–Trinajstić information content (AvgIpc) is 3.02. The lowest BCUT2D eigenvalue weighted by molar-refractivity contribution is 0.600. The standard InChI is InChI=1S/C18H21N3O2S/c1-2-11-24(22,23)21-16-7-4-6-15(12-16)20-13-14-5-3-8-18-17(14)9-10-19-18/h3-10,12,19-21H,2,11,13H2,1H3.